The highest BCUT2D eigenvalue weighted by Gasteiger charge is 2.33. The van der Waals surface area contributed by atoms with Gasteiger partial charge >= 0.3 is 0 Å². The Bertz CT molecular complexity index is 2590. The molecule has 5 aliphatic rings. The van der Waals surface area contributed by atoms with Gasteiger partial charge in [-0.3, -0.25) is 19.2 Å². The maximum atomic E-state index is 13.1. The number of carbonyl (C=O) groups excluding carboxylic acids is 4. The van der Waals surface area contributed by atoms with Crippen LogP contribution in [0.1, 0.15) is 88.2 Å². The van der Waals surface area contributed by atoms with E-state index in [1.807, 2.05) is 6.07 Å². The van der Waals surface area contributed by atoms with E-state index in [1.54, 1.807) is 66.7 Å². The fourth-order valence-electron chi connectivity index (χ4n) is 8.36. The van der Waals surface area contributed by atoms with Crippen LogP contribution in [0.25, 0.3) is 22.1 Å². The summed E-state index contributed by atoms with van der Waals surface area (Å²) in [5.41, 5.74) is 6.25. The third kappa shape index (κ3) is 9.34. The maximum absolute atomic E-state index is 13.1. The average Bonchev–Trinajstić information content (AvgIpc) is 4.11. The molecular formula is C48H53ClN8O5. The summed E-state index contributed by atoms with van der Waals surface area (Å²) in [6.07, 6.45) is 3.94. The van der Waals surface area contributed by atoms with Gasteiger partial charge in [0.15, 0.2) is 23.1 Å². The van der Waals surface area contributed by atoms with Crippen LogP contribution in [-0.4, -0.2) is 150 Å². The first-order chi connectivity index (χ1) is 30.2. The Hall–Kier alpha value is -5.41. The van der Waals surface area contributed by atoms with E-state index < -0.39 is 0 Å². The van der Waals surface area contributed by atoms with Crippen LogP contribution in [0.2, 0.25) is 0 Å². The Morgan fingerprint density at radius 1 is 0.565 bits per heavy atom. The molecule has 13 nitrogen and oxygen atoms in total. The van der Waals surface area contributed by atoms with E-state index in [-0.39, 0.29) is 23.1 Å². The van der Waals surface area contributed by atoms with Crippen molar-refractivity contribution in [2.45, 2.75) is 25.7 Å². The largest absolute Gasteiger partial charge is 0.381 e. The first-order valence-corrected chi connectivity index (χ1v) is 22.1. The van der Waals surface area contributed by atoms with E-state index in [4.69, 9.17) is 21.3 Å². The number of aromatic amines is 2. The summed E-state index contributed by atoms with van der Waals surface area (Å²) in [5.74, 6) is 1.52. The van der Waals surface area contributed by atoms with Crippen molar-refractivity contribution in [1.29, 1.82) is 0 Å². The Labute approximate surface area is 366 Å². The van der Waals surface area contributed by atoms with Crippen LogP contribution < -0.4 is 5.32 Å². The van der Waals surface area contributed by atoms with Crippen molar-refractivity contribution in [3.63, 3.8) is 0 Å². The van der Waals surface area contributed by atoms with Crippen LogP contribution in [0.15, 0.2) is 72.8 Å². The number of aromatic nitrogens is 4. The van der Waals surface area contributed by atoms with E-state index in [1.165, 1.54) is 25.9 Å². The van der Waals surface area contributed by atoms with Crippen LogP contribution in [0.3, 0.4) is 0 Å². The number of piperazine rings is 2. The van der Waals surface area contributed by atoms with Gasteiger partial charge < -0.3 is 34.7 Å². The van der Waals surface area contributed by atoms with Gasteiger partial charge in [0.05, 0.1) is 22.2 Å². The van der Waals surface area contributed by atoms with Gasteiger partial charge in [-0.1, -0.05) is 48.5 Å². The Kier molecular flexibility index (Phi) is 13.8. The molecule has 322 valence electrons. The molecule has 2 aromatic heterocycles. The van der Waals surface area contributed by atoms with Gasteiger partial charge in [0.25, 0.3) is 0 Å². The summed E-state index contributed by atoms with van der Waals surface area (Å²) in [7, 11) is 4.30. The lowest BCUT2D eigenvalue weighted by Gasteiger charge is -2.32. The molecule has 0 bridgehead atoms. The summed E-state index contributed by atoms with van der Waals surface area (Å²) in [4.78, 5) is 74.1. The number of nitrogens with one attached hydrogen (secondary N) is 3. The number of fused-ring (bicyclic) bond motifs is 8. The van der Waals surface area contributed by atoms with Crippen molar-refractivity contribution in [1.82, 2.24) is 40.0 Å². The molecule has 3 fully saturated rings. The third-order valence-electron chi connectivity index (χ3n) is 11.9. The number of imidazole rings is 2. The fourth-order valence-corrected chi connectivity index (χ4v) is 8.54. The number of ether oxygens (including phenoxy) is 1. The predicted octanol–water partition coefficient (Wildman–Crippen LogP) is 5.57. The minimum Gasteiger partial charge on any atom is -0.381 e. The molecule has 11 rings (SSSR count). The molecule has 3 saturated heterocycles. The van der Waals surface area contributed by atoms with Crippen molar-refractivity contribution >= 4 is 56.8 Å². The van der Waals surface area contributed by atoms with Crippen molar-refractivity contribution in [2.24, 2.45) is 0 Å². The molecule has 3 aliphatic heterocycles. The number of carbonyl (C=O) groups is 4. The maximum Gasteiger partial charge on any atom is 0.196 e. The molecular weight excluding hydrogens is 804 g/mol. The Balaban J connectivity index is 0.000000137. The number of hydrogen-bond donors (Lipinski definition) is 3. The Morgan fingerprint density at radius 3 is 1.44 bits per heavy atom. The molecule has 3 N–H and O–H groups in total. The van der Waals surface area contributed by atoms with Crippen molar-refractivity contribution in [3.05, 3.63) is 129 Å². The molecule has 0 amide bonds. The van der Waals surface area contributed by atoms with E-state index in [9.17, 15) is 19.2 Å². The molecule has 0 spiro atoms. The summed E-state index contributed by atoms with van der Waals surface area (Å²) in [6, 6.07) is 21.0. The molecule has 2 aliphatic carbocycles. The average molecular weight is 857 g/mol. The first kappa shape index (κ1) is 43.2. The Morgan fingerprint density at radius 2 is 1.02 bits per heavy atom. The lowest BCUT2D eigenvalue weighted by Crippen LogP contribution is -2.45. The van der Waals surface area contributed by atoms with Crippen LogP contribution in [-0.2, 0) is 17.6 Å². The molecule has 62 heavy (non-hydrogen) atoms. The number of rotatable bonds is 5. The highest BCUT2D eigenvalue weighted by Crippen LogP contribution is 2.33. The molecule has 6 aromatic rings. The zero-order valence-corrected chi connectivity index (χ0v) is 36.2. The van der Waals surface area contributed by atoms with Gasteiger partial charge in [-0.05, 0) is 51.2 Å². The van der Waals surface area contributed by atoms with Crippen molar-refractivity contribution < 1.29 is 23.9 Å². The van der Waals surface area contributed by atoms with Gasteiger partial charge in [0, 0.05) is 124 Å². The number of nitrogens with zero attached hydrogens (tertiary/aromatic N) is 5. The van der Waals surface area contributed by atoms with Crippen LogP contribution in [0.5, 0.6) is 0 Å². The molecule has 0 saturated carbocycles. The fraction of sp³-hybridized carbons (Fsp3) is 0.375. The zero-order valence-electron chi connectivity index (χ0n) is 35.4. The highest BCUT2D eigenvalue weighted by atomic mass is 35.5. The van der Waals surface area contributed by atoms with Gasteiger partial charge in [-0.15, -0.1) is 11.6 Å². The second-order valence-electron chi connectivity index (χ2n) is 16.2. The lowest BCUT2D eigenvalue weighted by atomic mass is 9.83. The number of ketones is 4. The topological polar surface area (TPSA) is 157 Å². The smallest absolute Gasteiger partial charge is 0.196 e. The quantitative estimate of drug-likeness (QED) is 0.186. The molecule has 4 aromatic carbocycles. The first-order valence-electron chi connectivity index (χ1n) is 21.6. The number of aryl methyl sites for hydroxylation is 1. The van der Waals surface area contributed by atoms with Crippen LogP contribution in [0, 0.1) is 0 Å². The van der Waals surface area contributed by atoms with E-state index in [2.05, 4.69) is 49.1 Å². The summed E-state index contributed by atoms with van der Waals surface area (Å²) in [6.45, 7) is 12.0. The summed E-state index contributed by atoms with van der Waals surface area (Å²) < 4.78 is 4.94. The summed E-state index contributed by atoms with van der Waals surface area (Å²) in [5, 5.41) is 3.27. The van der Waals surface area contributed by atoms with Crippen molar-refractivity contribution in [3.8, 4) is 0 Å². The molecule has 5 heterocycles. The zero-order chi connectivity index (χ0) is 43.2. The number of benzene rings is 4. The second-order valence-corrected chi connectivity index (χ2v) is 16.6. The van der Waals surface area contributed by atoms with Gasteiger partial charge in [0.2, 0.25) is 0 Å². The van der Waals surface area contributed by atoms with Crippen molar-refractivity contribution in [2.75, 3.05) is 92.1 Å². The SMILES string of the molecule is C1CCOC1.CN1CCN(CCc2nc3c4c(ccc3[nH]2)C(=O)c2ccccc2C4=O)CC1.CN1CCNCC1.O=C1c2ccccc2C(=O)c2c1ccc1[nH]c(CCCl)nc21. The van der Waals surface area contributed by atoms with Gasteiger partial charge in [-0.25, -0.2) is 9.97 Å². The number of hydrogen-bond acceptors (Lipinski definition) is 11. The standard InChI is InChI=1S/C22H22N4O2.C17H11ClN2O2.C5H12N2.C4H8O/c1-25-10-12-26(13-11-25)9-8-18-23-17-7-6-16-19(20(17)24-18)22(28)15-5-3-2-4-14(15)21(16)27;18-8-7-13-19-12-6-5-11-14(15(12)20-13)17(22)10-4-2-1-3-9(10)16(11)21;1-7-4-2-6-3-5-7;1-2-4-5-3-1/h2-7H,8-13H2,1H3,(H,23,24);1-6H,7-8H2,(H,19,20);6H,2-5H2,1H3;1-4H2. The summed E-state index contributed by atoms with van der Waals surface area (Å²) >= 11 is 5.74. The molecule has 0 unspecified atom stereocenters. The lowest BCUT2D eigenvalue weighted by molar-refractivity contribution is 0.0980. The monoisotopic (exact) mass is 856 g/mol. The normalized spacial score (nSPS) is 17.5. The van der Waals surface area contributed by atoms with E-state index in [0.29, 0.717) is 67.8 Å². The van der Waals surface area contributed by atoms with Crippen LogP contribution >= 0.6 is 11.6 Å². The number of likely N-dealkylation sites (N-methyl/N-ethyl adjacent to an activating group) is 2. The number of alkyl halides is 1. The number of H-pyrrole nitrogens is 2. The molecule has 0 atom stereocenters. The minimum absolute atomic E-state index is 0.103. The highest BCUT2D eigenvalue weighted by molar-refractivity contribution is 6.32. The van der Waals surface area contributed by atoms with Gasteiger partial charge in [-0.2, -0.15) is 0 Å². The molecule has 14 heteroatoms. The van der Waals surface area contributed by atoms with Gasteiger partial charge in [0.1, 0.15) is 22.7 Å². The second kappa shape index (κ2) is 19.7. The van der Waals surface area contributed by atoms with Crippen LogP contribution in [0.4, 0.5) is 0 Å². The molecule has 0 radical (unpaired) electrons. The predicted molar refractivity (Wildman–Crippen MR) is 241 cm³/mol. The third-order valence-corrected chi connectivity index (χ3v) is 12.1. The minimum atomic E-state index is -0.153. The van der Waals surface area contributed by atoms with E-state index >= 15 is 0 Å². The van der Waals surface area contributed by atoms with E-state index in [0.717, 1.165) is 88.1 Å². The number of halogens is 1.